The molecule has 2 aliphatic heterocycles. The first-order valence-electron chi connectivity index (χ1n) is 8.28. The van der Waals surface area contributed by atoms with E-state index < -0.39 is 0 Å². The molecule has 3 rings (SSSR count). The number of imidazole rings is 1. The molecule has 0 saturated carbocycles. The second-order valence-electron chi connectivity index (χ2n) is 6.31. The van der Waals surface area contributed by atoms with Crippen LogP contribution in [0.15, 0.2) is 18.7 Å². The van der Waals surface area contributed by atoms with Crippen LogP contribution in [0.25, 0.3) is 0 Å². The van der Waals surface area contributed by atoms with E-state index in [2.05, 4.69) is 16.8 Å². The number of rotatable bonds is 4. The van der Waals surface area contributed by atoms with Crippen molar-refractivity contribution in [2.75, 3.05) is 39.4 Å². The van der Waals surface area contributed by atoms with Crippen LogP contribution < -0.4 is 0 Å². The topological polar surface area (TPSA) is 50.6 Å². The van der Waals surface area contributed by atoms with Gasteiger partial charge >= 0.3 is 0 Å². The molecule has 3 unspecified atom stereocenters. The zero-order valence-corrected chi connectivity index (χ0v) is 13.5. The maximum atomic E-state index is 12.8. The Morgan fingerprint density at radius 3 is 2.77 bits per heavy atom. The fourth-order valence-corrected chi connectivity index (χ4v) is 3.65. The third kappa shape index (κ3) is 3.03. The van der Waals surface area contributed by atoms with Crippen LogP contribution in [0.2, 0.25) is 0 Å². The summed E-state index contributed by atoms with van der Waals surface area (Å²) in [5.41, 5.74) is 0. The molecule has 0 radical (unpaired) electrons. The minimum Gasteiger partial charge on any atom is -0.379 e. The van der Waals surface area contributed by atoms with Crippen molar-refractivity contribution in [1.82, 2.24) is 19.4 Å². The highest BCUT2D eigenvalue weighted by atomic mass is 16.5. The standard InChI is InChI=1S/C16H26N4O2/c1-3-14-10-20(11-15(14)18-6-8-22-9-7-18)16(21)13(2)19-5-4-17-12-19/h4-5,12-15H,3,6-11H2,1-2H3. The number of likely N-dealkylation sites (tertiary alicyclic amines) is 1. The van der Waals surface area contributed by atoms with E-state index in [0.717, 1.165) is 45.8 Å². The van der Waals surface area contributed by atoms with Gasteiger partial charge in [0.05, 0.1) is 19.5 Å². The maximum Gasteiger partial charge on any atom is 0.245 e. The molecule has 0 N–H and O–H groups in total. The van der Waals surface area contributed by atoms with Gasteiger partial charge in [-0.05, 0) is 12.8 Å². The highest BCUT2D eigenvalue weighted by Crippen LogP contribution is 2.27. The Kier molecular flexibility index (Phi) is 4.78. The molecule has 2 fully saturated rings. The van der Waals surface area contributed by atoms with Crippen LogP contribution in [0, 0.1) is 5.92 Å². The van der Waals surface area contributed by atoms with Crippen molar-refractivity contribution >= 4 is 5.91 Å². The second-order valence-corrected chi connectivity index (χ2v) is 6.31. The molecular formula is C16H26N4O2. The van der Waals surface area contributed by atoms with Crippen molar-refractivity contribution in [2.24, 2.45) is 5.92 Å². The van der Waals surface area contributed by atoms with E-state index in [9.17, 15) is 4.79 Å². The highest BCUT2D eigenvalue weighted by molar-refractivity contribution is 5.80. The predicted molar refractivity (Wildman–Crippen MR) is 83.5 cm³/mol. The van der Waals surface area contributed by atoms with Crippen molar-refractivity contribution in [3.8, 4) is 0 Å². The fourth-order valence-electron chi connectivity index (χ4n) is 3.65. The highest BCUT2D eigenvalue weighted by Gasteiger charge is 2.39. The van der Waals surface area contributed by atoms with Crippen molar-refractivity contribution in [2.45, 2.75) is 32.4 Å². The number of carbonyl (C=O) groups is 1. The first kappa shape index (κ1) is 15.5. The lowest BCUT2D eigenvalue weighted by atomic mass is 9.99. The summed E-state index contributed by atoms with van der Waals surface area (Å²) in [6.07, 6.45) is 6.41. The summed E-state index contributed by atoms with van der Waals surface area (Å²) in [7, 11) is 0. The molecule has 0 spiro atoms. The zero-order valence-electron chi connectivity index (χ0n) is 13.5. The van der Waals surface area contributed by atoms with Crippen LogP contribution in [0.5, 0.6) is 0 Å². The van der Waals surface area contributed by atoms with Gasteiger partial charge in [-0.15, -0.1) is 0 Å². The Labute approximate surface area is 132 Å². The van der Waals surface area contributed by atoms with E-state index in [0.29, 0.717) is 12.0 Å². The monoisotopic (exact) mass is 306 g/mol. The van der Waals surface area contributed by atoms with Gasteiger partial charge in [-0.2, -0.15) is 0 Å². The lowest BCUT2D eigenvalue weighted by Gasteiger charge is -2.34. The SMILES string of the molecule is CCC1CN(C(=O)C(C)n2ccnc2)CC1N1CCOCC1. The van der Waals surface area contributed by atoms with Crippen molar-refractivity contribution in [3.05, 3.63) is 18.7 Å². The fraction of sp³-hybridized carbons (Fsp3) is 0.750. The summed E-state index contributed by atoms with van der Waals surface area (Å²) in [5.74, 6) is 0.768. The van der Waals surface area contributed by atoms with Gasteiger partial charge in [-0.1, -0.05) is 13.3 Å². The van der Waals surface area contributed by atoms with E-state index >= 15 is 0 Å². The van der Waals surface area contributed by atoms with E-state index in [1.165, 1.54) is 0 Å². The second kappa shape index (κ2) is 6.79. The number of amides is 1. The summed E-state index contributed by atoms with van der Waals surface area (Å²) in [5, 5.41) is 0. The van der Waals surface area contributed by atoms with Crippen LogP contribution in [0.3, 0.4) is 0 Å². The molecule has 1 aromatic rings. The van der Waals surface area contributed by atoms with Gasteiger partial charge in [0.15, 0.2) is 0 Å². The average Bonchev–Trinajstić information content (AvgIpc) is 3.23. The Hall–Kier alpha value is -1.40. The molecule has 122 valence electrons. The van der Waals surface area contributed by atoms with E-state index in [4.69, 9.17) is 4.74 Å². The predicted octanol–water partition coefficient (Wildman–Crippen LogP) is 1.01. The first-order valence-corrected chi connectivity index (χ1v) is 8.28. The molecule has 2 saturated heterocycles. The average molecular weight is 306 g/mol. The summed E-state index contributed by atoms with van der Waals surface area (Å²) >= 11 is 0. The van der Waals surface area contributed by atoms with E-state index in [1.807, 2.05) is 22.6 Å². The van der Waals surface area contributed by atoms with Gasteiger partial charge in [-0.3, -0.25) is 9.69 Å². The lowest BCUT2D eigenvalue weighted by Crippen LogP contribution is -2.47. The first-order chi connectivity index (χ1) is 10.7. The van der Waals surface area contributed by atoms with E-state index in [1.54, 1.807) is 12.5 Å². The van der Waals surface area contributed by atoms with Crippen molar-refractivity contribution < 1.29 is 9.53 Å². The smallest absolute Gasteiger partial charge is 0.245 e. The normalized spacial score (nSPS) is 28.0. The van der Waals surface area contributed by atoms with Gasteiger partial charge in [0, 0.05) is 44.6 Å². The minimum atomic E-state index is -0.177. The number of ether oxygens (including phenoxy) is 1. The van der Waals surface area contributed by atoms with Gasteiger partial charge in [0.2, 0.25) is 5.91 Å². The number of nitrogens with zero attached hydrogens (tertiary/aromatic N) is 4. The third-order valence-electron chi connectivity index (χ3n) is 5.09. The number of carbonyl (C=O) groups excluding carboxylic acids is 1. The minimum absolute atomic E-state index is 0.177. The molecule has 1 aromatic heterocycles. The van der Waals surface area contributed by atoms with Gasteiger partial charge in [0.1, 0.15) is 6.04 Å². The molecule has 6 nitrogen and oxygen atoms in total. The van der Waals surface area contributed by atoms with E-state index in [-0.39, 0.29) is 11.9 Å². The van der Waals surface area contributed by atoms with Crippen molar-refractivity contribution in [3.63, 3.8) is 0 Å². The van der Waals surface area contributed by atoms with Crippen molar-refractivity contribution in [1.29, 1.82) is 0 Å². The summed E-state index contributed by atoms with van der Waals surface area (Å²) in [4.78, 5) is 21.4. The molecule has 1 amide bonds. The number of hydrogen-bond donors (Lipinski definition) is 0. The molecule has 0 aromatic carbocycles. The largest absolute Gasteiger partial charge is 0.379 e. The summed E-state index contributed by atoms with van der Waals surface area (Å²) < 4.78 is 7.34. The Balaban J connectivity index is 1.66. The molecule has 6 heteroatoms. The Bertz CT molecular complexity index is 484. The molecule has 3 heterocycles. The molecule has 3 atom stereocenters. The molecular weight excluding hydrogens is 280 g/mol. The molecule has 0 bridgehead atoms. The van der Waals surface area contributed by atoms with Crippen LogP contribution in [-0.2, 0) is 9.53 Å². The van der Waals surface area contributed by atoms with Crippen LogP contribution >= 0.6 is 0 Å². The van der Waals surface area contributed by atoms with Crippen LogP contribution in [0.4, 0.5) is 0 Å². The number of hydrogen-bond acceptors (Lipinski definition) is 4. The summed E-state index contributed by atoms with van der Waals surface area (Å²) in [6.45, 7) is 9.49. The van der Waals surface area contributed by atoms with Crippen LogP contribution in [-0.4, -0.2) is 70.7 Å². The molecule has 0 aliphatic carbocycles. The third-order valence-corrected chi connectivity index (χ3v) is 5.09. The molecule has 2 aliphatic rings. The van der Waals surface area contributed by atoms with Gasteiger partial charge in [0.25, 0.3) is 0 Å². The van der Waals surface area contributed by atoms with Gasteiger partial charge < -0.3 is 14.2 Å². The zero-order chi connectivity index (χ0) is 15.5. The quantitative estimate of drug-likeness (QED) is 0.833. The maximum absolute atomic E-state index is 12.8. The number of aromatic nitrogens is 2. The Morgan fingerprint density at radius 1 is 1.36 bits per heavy atom. The number of morpholine rings is 1. The van der Waals surface area contributed by atoms with Gasteiger partial charge in [-0.25, -0.2) is 4.98 Å². The molecule has 22 heavy (non-hydrogen) atoms. The summed E-state index contributed by atoms with van der Waals surface area (Å²) in [6, 6.07) is 0.302. The van der Waals surface area contributed by atoms with Crippen LogP contribution in [0.1, 0.15) is 26.3 Å². The Morgan fingerprint density at radius 2 is 2.14 bits per heavy atom. The lowest BCUT2D eigenvalue weighted by molar-refractivity contribution is -0.133.